The summed E-state index contributed by atoms with van der Waals surface area (Å²) in [4.78, 5) is 13.5. The molecule has 0 radical (unpaired) electrons. The maximum atomic E-state index is 11.8. The Bertz CT molecular complexity index is 387. The van der Waals surface area contributed by atoms with Crippen molar-refractivity contribution in [2.24, 2.45) is 0 Å². The molecule has 0 aliphatic heterocycles. The van der Waals surface area contributed by atoms with Gasteiger partial charge in [0.1, 0.15) is 0 Å². The van der Waals surface area contributed by atoms with E-state index >= 15 is 0 Å². The number of halogens is 1. The first-order valence-electron chi connectivity index (χ1n) is 5.91. The zero-order chi connectivity index (χ0) is 12.3. The Kier molecular flexibility index (Phi) is 3.89. The van der Waals surface area contributed by atoms with E-state index in [1.165, 1.54) is 6.42 Å². The highest BCUT2D eigenvalue weighted by Gasteiger charge is 2.20. The smallest absolute Gasteiger partial charge is 0.317 e. The first-order valence-corrected chi connectivity index (χ1v) is 6.29. The summed E-state index contributed by atoms with van der Waals surface area (Å²) in [6.45, 7) is 0.607. The fraction of sp³-hybridized carbons (Fsp3) is 0.462. The summed E-state index contributed by atoms with van der Waals surface area (Å²) < 4.78 is 0. The van der Waals surface area contributed by atoms with Crippen LogP contribution in [0.1, 0.15) is 24.8 Å². The lowest BCUT2D eigenvalue weighted by atomic mass is 9.93. The second kappa shape index (κ2) is 5.41. The molecule has 1 aliphatic carbocycles. The van der Waals surface area contributed by atoms with E-state index in [1.807, 2.05) is 31.3 Å². The number of nitrogens with zero attached hydrogens (tertiary/aromatic N) is 1. The summed E-state index contributed by atoms with van der Waals surface area (Å²) in [6.07, 6.45) is 3.45. The van der Waals surface area contributed by atoms with Crippen molar-refractivity contribution in [3.8, 4) is 0 Å². The third-order valence-corrected chi connectivity index (χ3v) is 3.36. The van der Waals surface area contributed by atoms with Crippen molar-refractivity contribution in [3.63, 3.8) is 0 Å². The number of carbonyl (C=O) groups is 1. The quantitative estimate of drug-likeness (QED) is 0.881. The molecule has 0 saturated heterocycles. The number of urea groups is 1. The average molecular weight is 253 g/mol. The molecule has 1 fully saturated rings. The van der Waals surface area contributed by atoms with Gasteiger partial charge in [0.15, 0.2) is 0 Å². The molecule has 2 amide bonds. The molecule has 1 aromatic carbocycles. The number of nitrogens with one attached hydrogen (secondary N) is 1. The van der Waals surface area contributed by atoms with Gasteiger partial charge >= 0.3 is 6.03 Å². The van der Waals surface area contributed by atoms with Crippen LogP contribution in [0.4, 0.5) is 4.79 Å². The summed E-state index contributed by atoms with van der Waals surface area (Å²) in [5, 5.41) is 3.73. The molecule has 17 heavy (non-hydrogen) atoms. The lowest BCUT2D eigenvalue weighted by Crippen LogP contribution is -2.45. The minimum Gasteiger partial charge on any atom is -0.335 e. The second-order valence-electron chi connectivity index (χ2n) is 4.56. The minimum atomic E-state index is 0.00431. The van der Waals surface area contributed by atoms with Gasteiger partial charge in [-0.25, -0.2) is 4.79 Å². The SMILES string of the molecule is CN(Cc1ccc(Cl)cc1)C(=O)NC1CCC1. The first-order chi connectivity index (χ1) is 8.15. The molecule has 0 spiro atoms. The van der Waals surface area contributed by atoms with Crippen LogP contribution in [0.25, 0.3) is 0 Å². The Balaban J connectivity index is 1.84. The molecule has 92 valence electrons. The van der Waals surface area contributed by atoms with Gasteiger partial charge < -0.3 is 10.2 Å². The van der Waals surface area contributed by atoms with Crippen LogP contribution in [0, 0.1) is 0 Å². The Labute approximate surface area is 107 Å². The van der Waals surface area contributed by atoms with Crippen molar-refractivity contribution in [3.05, 3.63) is 34.9 Å². The molecular formula is C13H17ClN2O. The van der Waals surface area contributed by atoms with Gasteiger partial charge in [-0.2, -0.15) is 0 Å². The van der Waals surface area contributed by atoms with Crippen LogP contribution in [0.2, 0.25) is 5.02 Å². The monoisotopic (exact) mass is 252 g/mol. The largest absolute Gasteiger partial charge is 0.335 e. The highest BCUT2D eigenvalue weighted by molar-refractivity contribution is 6.30. The first kappa shape index (κ1) is 12.2. The van der Waals surface area contributed by atoms with Crippen LogP contribution in [0.3, 0.4) is 0 Å². The van der Waals surface area contributed by atoms with Gasteiger partial charge in [-0.3, -0.25) is 0 Å². The van der Waals surface area contributed by atoms with Crippen molar-refractivity contribution in [2.75, 3.05) is 7.05 Å². The number of hydrogen-bond donors (Lipinski definition) is 1. The van der Waals surface area contributed by atoms with Gasteiger partial charge in [-0.05, 0) is 37.0 Å². The van der Waals surface area contributed by atoms with Crippen molar-refractivity contribution in [2.45, 2.75) is 31.8 Å². The fourth-order valence-electron chi connectivity index (χ4n) is 1.77. The van der Waals surface area contributed by atoms with E-state index in [4.69, 9.17) is 11.6 Å². The van der Waals surface area contributed by atoms with E-state index in [0.29, 0.717) is 12.6 Å². The van der Waals surface area contributed by atoms with Crippen LogP contribution >= 0.6 is 11.6 Å². The van der Waals surface area contributed by atoms with Gasteiger partial charge in [0.2, 0.25) is 0 Å². The number of hydrogen-bond acceptors (Lipinski definition) is 1. The predicted molar refractivity (Wildman–Crippen MR) is 69.1 cm³/mol. The van der Waals surface area contributed by atoms with Crippen LogP contribution < -0.4 is 5.32 Å². The Hall–Kier alpha value is -1.22. The van der Waals surface area contributed by atoms with E-state index in [1.54, 1.807) is 4.90 Å². The molecule has 1 aromatic rings. The zero-order valence-electron chi connectivity index (χ0n) is 9.95. The van der Waals surface area contributed by atoms with Crippen molar-refractivity contribution in [1.29, 1.82) is 0 Å². The topological polar surface area (TPSA) is 32.3 Å². The Morgan fingerprint density at radius 2 is 2.06 bits per heavy atom. The molecule has 0 heterocycles. The van der Waals surface area contributed by atoms with Crippen LogP contribution in [-0.2, 0) is 6.54 Å². The molecular weight excluding hydrogens is 236 g/mol. The second-order valence-corrected chi connectivity index (χ2v) is 5.00. The molecule has 1 aliphatic rings. The van der Waals surface area contributed by atoms with E-state index in [9.17, 15) is 4.79 Å². The average Bonchev–Trinajstić information content (AvgIpc) is 2.26. The summed E-state index contributed by atoms with van der Waals surface area (Å²) >= 11 is 5.81. The molecule has 0 unspecified atom stereocenters. The minimum absolute atomic E-state index is 0.00431. The number of rotatable bonds is 3. The maximum absolute atomic E-state index is 11.8. The fourth-order valence-corrected chi connectivity index (χ4v) is 1.90. The molecule has 0 aromatic heterocycles. The van der Waals surface area contributed by atoms with Gasteiger partial charge in [-0.15, -0.1) is 0 Å². The van der Waals surface area contributed by atoms with Crippen LogP contribution in [0.5, 0.6) is 0 Å². The van der Waals surface area contributed by atoms with Gasteiger partial charge in [0, 0.05) is 24.7 Å². The summed E-state index contributed by atoms with van der Waals surface area (Å²) in [5.41, 5.74) is 1.08. The van der Waals surface area contributed by atoms with Crippen molar-refractivity contribution < 1.29 is 4.79 Å². The molecule has 0 atom stereocenters. The molecule has 1 saturated carbocycles. The van der Waals surface area contributed by atoms with E-state index in [2.05, 4.69) is 5.32 Å². The van der Waals surface area contributed by atoms with Gasteiger partial charge in [0.25, 0.3) is 0 Å². The standard InChI is InChI=1S/C13H17ClN2O/c1-16(13(17)15-12-3-2-4-12)9-10-5-7-11(14)8-6-10/h5-8,12H,2-4,9H2,1H3,(H,15,17). The summed E-state index contributed by atoms with van der Waals surface area (Å²) in [5.74, 6) is 0. The lowest BCUT2D eigenvalue weighted by molar-refractivity contribution is 0.195. The van der Waals surface area contributed by atoms with Gasteiger partial charge in [-0.1, -0.05) is 23.7 Å². The number of amides is 2. The Morgan fingerprint density at radius 3 is 2.59 bits per heavy atom. The van der Waals surface area contributed by atoms with Crippen molar-refractivity contribution >= 4 is 17.6 Å². The van der Waals surface area contributed by atoms with Gasteiger partial charge in [0.05, 0.1) is 0 Å². The third kappa shape index (κ3) is 3.37. The molecule has 2 rings (SSSR count). The Morgan fingerprint density at radius 1 is 1.41 bits per heavy atom. The normalized spacial score (nSPS) is 15.2. The molecule has 1 N–H and O–H groups in total. The maximum Gasteiger partial charge on any atom is 0.317 e. The zero-order valence-corrected chi connectivity index (χ0v) is 10.7. The number of carbonyl (C=O) groups excluding carboxylic acids is 1. The molecule has 4 heteroatoms. The van der Waals surface area contributed by atoms with E-state index in [-0.39, 0.29) is 6.03 Å². The highest BCUT2D eigenvalue weighted by atomic mass is 35.5. The predicted octanol–water partition coefficient (Wildman–Crippen LogP) is 3.03. The molecule has 3 nitrogen and oxygen atoms in total. The number of benzene rings is 1. The summed E-state index contributed by atoms with van der Waals surface area (Å²) in [6, 6.07) is 7.95. The molecule has 0 bridgehead atoms. The van der Waals surface area contributed by atoms with Crippen LogP contribution in [-0.4, -0.2) is 24.0 Å². The van der Waals surface area contributed by atoms with E-state index in [0.717, 1.165) is 23.4 Å². The van der Waals surface area contributed by atoms with Crippen LogP contribution in [0.15, 0.2) is 24.3 Å². The van der Waals surface area contributed by atoms with Crippen molar-refractivity contribution in [1.82, 2.24) is 10.2 Å². The third-order valence-electron chi connectivity index (χ3n) is 3.11. The lowest BCUT2D eigenvalue weighted by Gasteiger charge is -2.29. The summed E-state index contributed by atoms with van der Waals surface area (Å²) in [7, 11) is 1.81. The van der Waals surface area contributed by atoms with E-state index < -0.39 is 0 Å². The highest BCUT2D eigenvalue weighted by Crippen LogP contribution is 2.18.